The molecule has 0 fully saturated rings. The fraction of sp³-hybridized carbons (Fsp3) is 0. The molecule has 0 bridgehead atoms. The summed E-state index contributed by atoms with van der Waals surface area (Å²) in [7, 11) is 0. The molecule has 0 saturated heterocycles. The van der Waals surface area contributed by atoms with Crippen LogP contribution in [0.4, 0.5) is 0 Å². The largest absolute Gasteiger partial charge is 0.134 e. The lowest BCUT2D eigenvalue weighted by atomic mass is 9.98. The lowest BCUT2D eigenvalue weighted by Crippen LogP contribution is -1.82. The smallest absolute Gasteiger partial charge is 0.0542 e. The monoisotopic (exact) mass is 630 g/mol. The van der Waals surface area contributed by atoms with Crippen LogP contribution in [0.2, 0.25) is 0 Å². The molecule has 0 atom stereocenters. The van der Waals surface area contributed by atoms with Crippen LogP contribution < -0.4 is 0 Å². The van der Waals surface area contributed by atoms with E-state index in [2.05, 4.69) is 133 Å². The summed E-state index contributed by atoms with van der Waals surface area (Å²) in [5.41, 5.74) is 7.54. The summed E-state index contributed by atoms with van der Waals surface area (Å²) >= 11 is 7.66. The van der Waals surface area contributed by atoms with Gasteiger partial charge in [-0.15, -0.1) is 45.3 Å². The molecular weight excluding hydrogens is 609 g/mol. The molecule has 0 saturated carbocycles. The minimum Gasteiger partial charge on any atom is -0.134 e. The molecular formula is C40H22S4. The predicted molar refractivity (Wildman–Crippen MR) is 199 cm³/mol. The number of fused-ring (bicyclic) bond motifs is 10. The van der Waals surface area contributed by atoms with Gasteiger partial charge in [-0.05, 0) is 57.6 Å². The first-order chi connectivity index (χ1) is 21.8. The van der Waals surface area contributed by atoms with E-state index in [1.807, 2.05) is 45.3 Å². The van der Waals surface area contributed by atoms with Crippen LogP contribution in [0, 0.1) is 0 Å². The van der Waals surface area contributed by atoms with Crippen LogP contribution in [0.5, 0.6) is 0 Å². The van der Waals surface area contributed by atoms with E-state index < -0.39 is 0 Å². The molecule has 4 aromatic heterocycles. The van der Waals surface area contributed by atoms with Gasteiger partial charge in [-0.1, -0.05) is 109 Å². The fourth-order valence-electron chi connectivity index (χ4n) is 6.48. The van der Waals surface area contributed by atoms with Crippen LogP contribution in [-0.4, -0.2) is 0 Å². The maximum Gasteiger partial charge on any atom is 0.0542 e. The molecule has 4 heterocycles. The molecule has 0 aliphatic rings. The predicted octanol–water partition coefficient (Wildman–Crippen LogP) is 13.9. The van der Waals surface area contributed by atoms with Crippen molar-refractivity contribution >= 4 is 104 Å². The van der Waals surface area contributed by atoms with Crippen molar-refractivity contribution in [3.05, 3.63) is 133 Å². The summed E-state index contributed by atoms with van der Waals surface area (Å²) < 4.78 is 11.1. The Morgan fingerprint density at radius 1 is 0.250 bits per heavy atom. The van der Waals surface area contributed by atoms with Gasteiger partial charge in [0.25, 0.3) is 0 Å². The fourth-order valence-corrected chi connectivity index (χ4v) is 11.9. The minimum atomic E-state index is 1.24. The molecule has 0 unspecified atom stereocenters. The number of thiophene rings is 4. The summed E-state index contributed by atoms with van der Waals surface area (Å²) in [6.07, 6.45) is 0. The van der Waals surface area contributed by atoms with E-state index in [1.165, 1.54) is 92.5 Å². The number of rotatable bonds is 3. The van der Waals surface area contributed by atoms with Gasteiger partial charge in [-0.3, -0.25) is 0 Å². The summed E-state index contributed by atoms with van der Waals surface area (Å²) in [6.45, 7) is 0. The summed E-state index contributed by atoms with van der Waals surface area (Å²) in [5, 5.41) is 5.51. The molecule has 44 heavy (non-hydrogen) atoms. The third-order valence-electron chi connectivity index (χ3n) is 8.75. The highest BCUT2D eigenvalue weighted by molar-refractivity contribution is 7.37. The van der Waals surface area contributed by atoms with E-state index >= 15 is 0 Å². The quantitative estimate of drug-likeness (QED) is 0.182. The zero-order chi connectivity index (χ0) is 28.8. The number of benzene rings is 6. The molecule has 0 aliphatic heterocycles. The maximum absolute atomic E-state index is 2.36. The van der Waals surface area contributed by atoms with E-state index in [9.17, 15) is 0 Å². The Bertz CT molecular complexity index is 2500. The van der Waals surface area contributed by atoms with Crippen molar-refractivity contribution in [1.82, 2.24) is 0 Å². The van der Waals surface area contributed by atoms with Gasteiger partial charge in [0.15, 0.2) is 0 Å². The summed E-state index contributed by atoms with van der Waals surface area (Å²) in [5.74, 6) is 0. The highest BCUT2D eigenvalue weighted by Crippen LogP contribution is 2.46. The lowest BCUT2D eigenvalue weighted by molar-refractivity contribution is 1.59. The van der Waals surface area contributed by atoms with Gasteiger partial charge in [0.05, 0.1) is 18.8 Å². The van der Waals surface area contributed by atoms with E-state index in [0.717, 1.165) is 0 Å². The molecule has 206 valence electrons. The van der Waals surface area contributed by atoms with Crippen molar-refractivity contribution in [3.63, 3.8) is 0 Å². The first-order valence-corrected chi connectivity index (χ1v) is 17.9. The van der Waals surface area contributed by atoms with Crippen LogP contribution in [0.15, 0.2) is 133 Å². The van der Waals surface area contributed by atoms with E-state index in [4.69, 9.17) is 0 Å². The van der Waals surface area contributed by atoms with Crippen molar-refractivity contribution in [2.75, 3.05) is 0 Å². The second-order valence-corrected chi connectivity index (χ2v) is 15.5. The van der Waals surface area contributed by atoms with Crippen molar-refractivity contribution in [3.8, 4) is 33.4 Å². The number of hydrogen-bond acceptors (Lipinski definition) is 4. The van der Waals surface area contributed by atoms with Crippen LogP contribution in [0.3, 0.4) is 0 Å². The molecule has 0 spiro atoms. The van der Waals surface area contributed by atoms with Crippen molar-refractivity contribution in [2.24, 2.45) is 0 Å². The molecule has 0 aliphatic carbocycles. The van der Waals surface area contributed by atoms with Crippen molar-refractivity contribution < 1.29 is 0 Å². The van der Waals surface area contributed by atoms with Crippen LogP contribution >= 0.6 is 45.3 Å². The Labute approximate surface area is 269 Å². The van der Waals surface area contributed by atoms with Gasteiger partial charge < -0.3 is 0 Å². The molecule has 10 rings (SSSR count). The topological polar surface area (TPSA) is 0 Å². The van der Waals surface area contributed by atoms with Gasteiger partial charge in [0, 0.05) is 40.3 Å². The van der Waals surface area contributed by atoms with Crippen LogP contribution in [0.1, 0.15) is 0 Å². The first kappa shape index (κ1) is 25.1. The lowest BCUT2D eigenvalue weighted by Gasteiger charge is -2.07. The Morgan fingerprint density at radius 2 is 0.545 bits per heavy atom. The van der Waals surface area contributed by atoms with Gasteiger partial charge >= 0.3 is 0 Å². The SMILES string of the molecule is c1ccc2c(c1)sc1c3ccc(-c4ccc(-c5ccc(-c6ccc7c(c6)sc6c8ccccc8sc76)cc5)cc4)cc3sc21. The second kappa shape index (κ2) is 9.59. The first-order valence-electron chi connectivity index (χ1n) is 14.7. The normalized spacial score (nSPS) is 12.1. The maximum atomic E-state index is 2.36. The standard InChI is InChI=1S/C40H22S4/c1-3-7-33-29(5-1)37-39(41-33)31-19-17-27(21-35(31)43-37)25-13-9-23(10-14-25)24-11-15-26(16-12-24)28-18-20-32-36(22-28)44-38-30-6-2-4-8-34(30)42-40(32)38/h1-22H. The Hall–Kier alpha value is -4.32. The summed E-state index contributed by atoms with van der Waals surface area (Å²) in [6, 6.07) is 49.5. The second-order valence-electron chi connectivity index (χ2n) is 11.3. The summed E-state index contributed by atoms with van der Waals surface area (Å²) in [4.78, 5) is 0. The van der Waals surface area contributed by atoms with E-state index in [1.54, 1.807) is 0 Å². The molecule has 0 radical (unpaired) electrons. The third-order valence-corrected chi connectivity index (χ3v) is 13.8. The molecule has 6 aromatic carbocycles. The van der Waals surface area contributed by atoms with E-state index in [0.29, 0.717) is 0 Å². The van der Waals surface area contributed by atoms with Crippen LogP contribution in [-0.2, 0) is 0 Å². The molecule has 0 N–H and O–H groups in total. The zero-order valence-corrected chi connectivity index (χ0v) is 26.6. The van der Waals surface area contributed by atoms with Gasteiger partial charge in [-0.25, -0.2) is 0 Å². The third kappa shape index (κ3) is 3.79. The molecule has 4 heteroatoms. The van der Waals surface area contributed by atoms with Gasteiger partial charge in [-0.2, -0.15) is 0 Å². The van der Waals surface area contributed by atoms with Gasteiger partial charge in [0.1, 0.15) is 0 Å². The average molecular weight is 631 g/mol. The highest BCUT2D eigenvalue weighted by atomic mass is 32.1. The molecule has 0 nitrogen and oxygen atoms in total. The Balaban J connectivity index is 0.940. The zero-order valence-electron chi connectivity index (χ0n) is 23.3. The Kier molecular flexibility index (Phi) is 5.46. The number of hydrogen-bond donors (Lipinski definition) is 0. The van der Waals surface area contributed by atoms with E-state index in [-0.39, 0.29) is 0 Å². The minimum absolute atomic E-state index is 1.24. The average Bonchev–Trinajstić information content (AvgIpc) is 3.82. The molecule has 10 aromatic rings. The highest BCUT2D eigenvalue weighted by Gasteiger charge is 2.14. The van der Waals surface area contributed by atoms with Crippen LogP contribution in [0.25, 0.3) is 92.5 Å². The van der Waals surface area contributed by atoms with Crippen molar-refractivity contribution in [1.29, 1.82) is 0 Å². The van der Waals surface area contributed by atoms with Crippen molar-refractivity contribution in [2.45, 2.75) is 0 Å². The molecule has 0 amide bonds. The van der Waals surface area contributed by atoms with Gasteiger partial charge in [0.2, 0.25) is 0 Å². The Morgan fingerprint density at radius 3 is 0.955 bits per heavy atom.